The molecule has 0 unspecified atom stereocenters. The fraction of sp³-hybridized carbons (Fsp3) is 0. The van der Waals surface area contributed by atoms with Crippen LogP contribution >= 0.6 is 0 Å². The normalized spacial score (nSPS) is 11.7. The molecule has 0 atom stereocenters. The maximum atomic E-state index is 5.24. The van der Waals surface area contributed by atoms with E-state index in [1.807, 2.05) is 6.20 Å². The summed E-state index contributed by atoms with van der Waals surface area (Å²) in [6.45, 7) is 0. The predicted molar refractivity (Wildman–Crippen MR) is 248 cm³/mol. The van der Waals surface area contributed by atoms with Crippen LogP contribution in [0.5, 0.6) is 0 Å². The lowest BCUT2D eigenvalue weighted by molar-refractivity contribution is 1.18. The van der Waals surface area contributed by atoms with Crippen molar-refractivity contribution in [2.75, 3.05) is 0 Å². The molecule has 0 aliphatic carbocycles. The second kappa shape index (κ2) is 13.4. The fourth-order valence-corrected chi connectivity index (χ4v) is 9.20. The Balaban J connectivity index is 0.890. The molecule has 0 N–H and O–H groups in total. The van der Waals surface area contributed by atoms with Crippen LogP contribution in [0, 0.1) is 0 Å². The third kappa shape index (κ3) is 5.44. The minimum Gasteiger partial charge on any atom is -0.309 e. The number of nitrogens with zero attached hydrogens (tertiary/aromatic N) is 3. The third-order valence-electron chi connectivity index (χ3n) is 12.0. The quantitative estimate of drug-likeness (QED) is 0.164. The van der Waals surface area contributed by atoms with E-state index in [9.17, 15) is 0 Å². The van der Waals surface area contributed by atoms with Crippen molar-refractivity contribution in [1.29, 1.82) is 0 Å². The number of hydrogen-bond donors (Lipinski definition) is 0. The van der Waals surface area contributed by atoms with Crippen LogP contribution in [0.25, 0.3) is 115 Å². The van der Waals surface area contributed by atoms with Crippen LogP contribution in [0.1, 0.15) is 0 Å². The number of para-hydroxylation sites is 1. The van der Waals surface area contributed by atoms with Gasteiger partial charge in [0.15, 0.2) is 0 Å². The van der Waals surface area contributed by atoms with Gasteiger partial charge in [-0.15, -0.1) is 0 Å². The molecule has 59 heavy (non-hydrogen) atoms. The first-order chi connectivity index (χ1) is 29.2. The molecule has 0 saturated carbocycles. The summed E-state index contributed by atoms with van der Waals surface area (Å²) in [7, 11) is 0. The topological polar surface area (TPSA) is 30.7 Å². The van der Waals surface area contributed by atoms with Crippen LogP contribution < -0.4 is 0 Å². The van der Waals surface area contributed by atoms with Gasteiger partial charge < -0.3 is 4.57 Å². The van der Waals surface area contributed by atoms with Crippen molar-refractivity contribution >= 4 is 65.2 Å². The molecule has 12 rings (SSSR count). The van der Waals surface area contributed by atoms with Gasteiger partial charge in [-0.1, -0.05) is 170 Å². The average Bonchev–Trinajstić information content (AvgIpc) is 3.65. The molecule has 274 valence electrons. The highest BCUT2D eigenvalue weighted by atomic mass is 15.0. The van der Waals surface area contributed by atoms with Gasteiger partial charge in [0.1, 0.15) is 0 Å². The van der Waals surface area contributed by atoms with Crippen molar-refractivity contribution < 1.29 is 0 Å². The van der Waals surface area contributed by atoms with Crippen LogP contribution in [0.3, 0.4) is 0 Å². The van der Waals surface area contributed by atoms with E-state index in [1.165, 1.54) is 65.6 Å². The first-order valence-corrected chi connectivity index (χ1v) is 20.1. The van der Waals surface area contributed by atoms with Crippen molar-refractivity contribution in [1.82, 2.24) is 14.5 Å². The second-order valence-electron chi connectivity index (χ2n) is 15.4. The largest absolute Gasteiger partial charge is 0.309 e. The standard InChI is InChI=1S/C56H35N3/c1-2-18-44-38(12-1)13-11-24-45(44)41-30-31-54-51(34-41)48-21-7-8-25-53(48)59(54)43-17-10-15-40(33-43)37-28-26-36(27-29-37)39-14-9-16-42(32-39)52-35-57-55-49-22-5-3-19-46(49)47-20-4-6-23-50(47)56(55)58-52/h1-35H. The summed E-state index contributed by atoms with van der Waals surface area (Å²) in [6, 6.07) is 74.3. The molecule has 0 aliphatic rings. The molecule has 0 radical (unpaired) electrons. The van der Waals surface area contributed by atoms with Gasteiger partial charge in [-0.3, -0.25) is 4.98 Å². The third-order valence-corrected chi connectivity index (χ3v) is 12.0. The van der Waals surface area contributed by atoms with E-state index < -0.39 is 0 Å². The Hall–Kier alpha value is -7.88. The zero-order chi connectivity index (χ0) is 38.9. The molecule has 0 saturated heterocycles. The first kappa shape index (κ1) is 33.3. The Morgan fingerprint density at radius 2 is 0.881 bits per heavy atom. The molecular formula is C56H35N3. The molecule has 0 amide bonds. The van der Waals surface area contributed by atoms with Gasteiger partial charge in [0, 0.05) is 32.8 Å². The molecule has 3 heteroatoms. The van der Waals surface area contributed by atoms with Crippen LogP contribution in [0.2, 0.25) is 0 Å². The van der Waals surface area contributed by atoms with E-state index >= 15 is 0 Å². The van der Waals surface area contributed by atoms with Crippen molar-refractivity contribution in [3.8, 4) is 50.3 Å². The van der Waals surface area contributed by atoms with Crippen LogP contribution in [-0.4, -0.2) is 14.5 Å². The lowest BCUT2D eigenvalue weighted by Gasteiger charge is -2.12. The Morgan fingerprint density at radius 3 is 1.66 bits per heavy atom. The van der Waals surface area contributed by atoms with Crippen molar-refractivity contribution in [2.24, 2.45) is 0 Å². The van der Waals surface area contributed by atoms with E-state index in [0.717, 1.165) is 49.9 Å². The van der Waals surface area contributed by atoms with Gasteiger partial charge in [0.25, 0.3) is 0 Å². The highest BCUT2D eigenvalue weighted by molar-refractivity contribution is 6.23. The summed E-state index contributed by atoms with van der Waals surface area (Å²) in [5.41, 5.74) is 14.4. The summed E-state index contributed by atoms with van der Waals surface area (Å²) in [6.07, 6.45) is 1.92. The zero-order valence-corrected chi connectivity index (χ0v) is 32.0. The van der Waals surface area contributed by atoms with E-state index in [1.54, 1.807) is 0 Å². The summed E-state index contributed by atoms with van der Waals surface area (Å²) < 4.78 is 2.40. The minimum absolute atomic E-state index is 0.864. The molecular weight excluding hydrogens is 715 g/mol. The maximum Gasteiger partial charge on any atom is 0.0979 e. The lowest BCUT2D eigenvalue weighted by Crippen LogP contribution is -1.94. The van der Waals surface area contributed by atoms with Crippen molar-refractivity contribution in [3.05, 3.63) is 212 Å². The molecule has 10 aromatic carbocycles. The van der Waals surface area contributed by atoms with E-state index in [2.05, 4.69) is 211 Å². The second-order valence-corrected chi connectivity index (χ2v) is 15.4. The highest BCUT2D eigenvalue weighted by Gasteiger charge is 2.16. The maximum absolute atomic E-state index is 5.24. The van der Waals surface area contributed by atoms with E-state index in [0.29, 0.717) is 0 Å². The summed E-state index contributed by atoms with van der Waals surface area (Å²) >= 11 is 0. The SMILES string of the molecule is c1cc(-c2ccc(-c3cccc(-n4c5ccccc5c5cc(-c6cccc7ccccc67)ccc54)c3)cc2)cc(-c2cnc3c4ccccc4c4ccccc4c3n2)c1. The molecule has 12 aromatic rings. The Kier molecular flexibility index (Phi) is 7.54. The highest BCUT2D eigenvalue weighted by Crippen LogP contribution is 2.39. The lowest BCUT2D eigenvalue weighted by atomic mass is 9.97. The first-order valence-electron chi connectivity index (χ1n) is 20.1. The van der Waals surface area contributed by atoms with Crippen LogP contribution in [-0.2, 0) is 0 Å². The molecule has 0 fully saturated rings. The Bertz CT molecular complexity index is 3570. The summed E-state index contributed by atoms with van der Waals surface area (Å²) in [5.74, 6) is 0. The van der Waals surface area contributed by atoms with E-state index in [-0.39, 0.29) is 0 Å². The van der Waals surface area contributed by atoms with Gasteiger partial charge in [-0.25, -0.2) is 4.98 Å². The molecule has 0 spiro atoms. The average molecular weight is 750 g/mol. The Morgan fingerprint density at radius 1 is 0.322 bits per heavy atom. The molecule has 2 aromatic heterocycles. The monoisotopic (exact) mass is 749 g/mol. The summed E-state index contributed by atoms with van der Waals surface area (Å²) in [4.78, 5) is 10.2. The van der Waals surface area contributed by atoms with Gasteiger partial charge in [0.05, 0.1) is 34.0 Å². The molecule has 0 bridgehead atoms. The van der Waals surface area contributed by atoms with Crippen molar-refractivity contribution in [3.63, 3.8) is 0 Å². The number of hydrogen-bond acceptors (Lipinski definition) is 2. The fourth-order valence-electron chi connectivity index (χ4n) is 9.20. The zero-order valence-electron chi connectivity index (χ0n) is 32.0. The van der Waals surface area contributed by atoms with Crippen molar-refractivity contribution in [2.45, 2.75) is 0 Å². The van der Waals surface area contributed by atoms with Gasteiger partial charge >= 0.3 is 0 Å². The van der Waals surface area contributed by atoms with Gasteiger partial charge in [-0.05, 0) is 91.3 Å². The number of benzene rings is 10. The number of aromatic nitrogens is 3. The van der Waals surface area contributed by atoms with Crippen LogP contribution in [0.4, 0.5) is 0 Å². The predicted octanol–water partition coefficient (Wildman–Crippen LogP) is 14.9. The van der Waals surface area contributed by atoms with Gasteiger partial charge in [-0.2, -0.15) is 0 Å². The molecule has 2 heterocycles. The summed E-state index contributed by atoms with van der Waals surface area (Å²) in [5, 5.41) is 9.67. The number of fused-ring (bicyclic) bond motifs is 10. The van der Waals surface area contributed by atoms with E-state index in [4.69, 9.17) is 9.97 Å². The van der Waals surface area contributed by atoms with Gasteiger partial charge in [0.2, 0.25) is 0 Å². The molecule has 3 nitrogen and oxygen atoms in total. The van der Waals surface area contributed by atoms with Crippen LogP contribution in [0.15, 0.2) is 212 Å². The molecule has 0 aliphatic heterocycles. The number of rotatable bonds is 5. The smallest absolute Gasteiger partial charge is 0.0979 e. The minimum atomic E-state index is 0.864. The Labute approximate surface area is 341 Å².